The molecular formula is C18H18N2O2. The first-order chi connectivity index (χ1) is 10.7. The summed E-state index contributed by atoms with van der Waals surface area (Å²) < 4.78 is 7.21. The van der Waals surface area contributed by atoms with Crippen LogP contribution in [0.2, 0.25) is 0 Å². The van der Waals surface area contributed by atoms with Crippen molar-refractivity contribution < 1.29 is 9.53 Å². The molecule has 112 valence electrons. The maximum Gasteiger partial charge on any atom is 0.268 e. The van der Waals surface area contributed by atoms with Gasteiger partial charge in [0.1, 0.15) is 11.4 Å². The first kappa shape index (κ1) is 14.2. The number of rotatable bonds is 4. The van der Waals surface area contributed by atoms with Gasteiger partial charge in [0.2, 0.25) is 0 Å². The molecule has 1 N–H and O–H groups in total. The third-order valence-corrected chi connectivity index (χ3v) is 3.82. The van der Waals surface area contributed by atoms with Crippen LogP contribution in [0.3, 0.4) is 0 Å². The number of hydrogen-bond acceptors (Lipinski definition) is 2. The second-order valence-corrected chi connectivity index (χ2v) is 5.14. The number of hydrogen-bond donors (Lipinski definition) is 1. The molecule has 0 unspecified atom stereocenters. The lowest BCUT2D eigenvalue weighted by molar-refractivity contribution is 0.0943. The van der Waals surface area contributed by atoms with Crippen LogP contribution >= 0.6 is 0 Å². The summed E-state index contributed by atoms with van der Waals surface area (Å²) in [5, 5.41) is 4.01. The van der Waals surface area contributed by atoms with Crippen LogP contribution in [0.25, 0.3) is 10.9 Å². The van der Waals surface area contributed by atoms with Crippen molar-refractivity contribution in [2.75, 3.05) is 7.11 Å². The van der Waals surface area contributed by atoms with E-state index in [0.29, 0.717) is 12.2 Å². The van der Waals surface area contributed by atoms with Crippen LogP contribution in [-0.4, -0.2) is 17.6 Å². The molecule has 0 atom stereocenters. The Morgan fingerprint density at radius 3 is 2.64 bits per heavy atom. The molecule has 0 aliphatic carbocycles. The monoisotopic (exact) mass is 294 g/mol. The number of aromatic nitrogens is 1. The highest BCUT2D eigenvalue weighted by molar-refractivity contribution is 5.98. The highest BCUT2D eigenvalue weighted by Crippen LogP contribution is 2.19. The van der Waals surface area contributed by atoms with Gasteiger partial charge in [-0.25, -0.2) is 0 Å². The van der Waals surface area contributed by atoms with Gasteiger partial charge in [0.15, 0.2) is 0 Å². The molecule has 4 heteroatoms. The molecule has 0 saturated carbocycles. The molecule has 1 heterocycles. The van der Waals surface area contributed by atoms with Gasteiger partial charge in [-0.3, -0.25) is 4.79 Å². The van der Waals surface area contributed by atoms with Gasteiger partial charge < -0.3 is 14.6 Å². The summed E-state index contributed by atoms with van der Waals surface area (Å²) in [7, 11) is 3.53. The van der Waals surface area contributed by atoms with Crippen molar-refractivity contribution in [2.24, 2.45) is 7.05 Å². The lowest BCUT2D eigenvalue weighted by atomic mass is 10.2. The maximum atomic E-state index is 12.4. The minimum Gasteiger partial charge on any atom is -0.496 e. The zero-order chi connectivity index (χ0) is 15.5. The number of ether oxygens (including phenoxy) is 1. The zero-order valence-electron chi connectivity index (χ0n) is 12.7. The van der Waals surface area contributed by atoms with E-state index in [4.69, 9.17) is 4.74 Å². The fraction of sp³-hybridized carbons (Fsp3) is 0.167. The van der Waals surface area contributed by atoms with Gasteiger partial charge >= 0.3 is 0 Å². The summed E-state index contributed by atoms with van der Waals surface area (Å²) in [6, 6.07) is 17.5. The molecular weight excluding hydrogens is 276 g/mol. The molecule has 22 heavy (non-hydrogen) atoms. The number of carbonyl (C=O) groups is 1. The number of fused-ring (bicyclic) bond motifs is 1. The topological polar surface area (TPSA) is 43.3 Å². The van der Waals surface area contributed by atoms with E-state index in [0.717, 1.165) is 22.2 Å². The van der Waals surface area contributed by atoms with E-state index in [9.17, 15) is 4.79 Å². The van der Waals surface area contributed by atoms with Crippen LogP contribution in [0.4, 0.5) is 0 Å². The molecule has 3 aromatic rings. The zero-order valence-corrected chi connectivity index (χ0v) is 12.7. The number of methoxy groups -OCH3 is 1. The van der Waals surface area contributed by atoms with Crippen molar-refractivity contribution in [3.05, 3.63) is 65.9 Å². The van der Waals surface area contributed by atoms with Crippen molar-refractivity contribution in [3.63, 3.8) is 0 Å². The van der Waals surface area contributed by atoms with Crippen LogP contribution in [0.1, 0.15) is 16.1 Å². The second kappa shape index (κ2) is 5.93. The number of nitrogens with one attached hydrogen (secondary N) is 1. The van der Waals surface area contributed by atoms with Crippen LogP contribution in [0, 0.1) is 0 Å². The smallest absolute Gasteiger partial charge is 0.268 e. The summed E-state index contributed by atoms with van der Waals surface area (Å²) in [5.41, 5.74) is 2.65. The lowest BCUT2D eigenvalue weighted by Crippen LogP contribution is -2.25. The van der Waals surface area contributed by atoms with E-state index in [1.54, 1.807) is 7.11 Å². The first-order valence-electron chi connectivity index (χ1n) is 7.15. The molecule has 1 aromatic heterocycles. The van der Waals surface area contributed by atoms with Crippen LogP contribution in [0.5, 0.6) is 5.75 Å². The molecule has 0 fully saturated rings. The Bertz CT molecular complexity index is 821. The summed E-state index contributed by atoms with van der Waals surface area (Å²) in [6.45, 7) is 0.435. The van der Waals surface area contributed by atoms with E-state index < -0.39 is 0 Å². The molecule has 3 rings (SSSR count). The van der Waals surface area contributed by atoms with Gasteiger partial charge in [0.25, 0.3) is 5.91 Å². The molecule has 2 aromatic carbocycles. The third-order valence-electron chi connectivity index (χ3n) is 3.82. The standard InChI is InChI=1S/C18H18N2O2/c1-20-15-9-5-3-7-13(15)11-16(20)18(21)19-12-14-8-4-6-10-17(14)22-2/h3-11H,12H2,1-2H3,(H,19,21). The molecule has 0 spiro atoms. The Hall–Kier alpha value is -2.75. The minimum atomic E-state index is -0.0930. The molecule has 1 amide bonds. The summed E-state index contributed by atoms with van der Waals surface area (Å²) in [5.74, 6) is 0.685. The Morgan fingerprint density at radius 2 is 1.86 bits per heavy atom. The molecule has 0 saturated heterocycles. The lowest BCUT2D eigenvalue weighted by Gasteiger charge is -2.10. The normalized spacial score (nSPS) is 10.6. The third kappa shape index (κ3) is 2.55. The minimum absolute atomic E-state index is 0.0930. The van der Waals surface area contributed by atoms with Gasteiger partial charge in [-0.05, 0) is 18.2 Å². The molecule has 0 aliphatic heterocycles. The highest BCUT2D eigenvalue weighted by atomic mass is 16.5. The van der Waals surface area contributed by atoms with E-state index >= 15 is 0 Å². The van der Waals surface area contributed by atoms with Crippen LogP contribution < -0.4 is 10.1 Å². The van der Waals surface area contributed by atoms with Crippen molar-refractivity contribution in [2.45, 2.75) is 6.54 Å². The van der Waals surface area contributed by atoms with Gasteiger partial charge in [0, 0.05) is 30.1 Å². The van der Waals surface area contributed by atoms with Crippen molar-refractivity contribution in [3.8, 4) is 5.75 Å². The van der Waals surface area contributed by atoms with E-state index in [2.05, 4.69) is 5.32 Å². The van der Waals surface area contributed by atoms with Crippen LogP contribution in [-0.2, 0) is 13.6 Å². The Morgan fingerprint density at radius 1 is 1.14 bits per heavy atom. The Kier molecular flexibility index (Phi) is 3.83. The SMILES string of the molecule is COc1ccccc1CNC(=O)c1cc2ccccc2n1C. The fourth-order valence-corrected chi connectivity index (χ4v) is 2.62. The number of aryl methyl sites for hydroxylation is 1. The number of para-hydroxylation sites is 2. The molecule has 0 radical (unpaired) electrons. The molecule has 4 nitrogen and oxygen atoms in total. The molecule has 0 bridgehead atoms. The largest absolute Gasteiger partial charge is 0.496 e. The molecule has 0 aliphatic rings. The van der Waals surface area contributed by atoms with E-state index in [-0.39, 0.29) is 5.91 Å². The number of amides is 1. The van der Waals surface area contributed by atoms with Gasteiger partial charge in [0.05, 0.1) is 7.11 Å². The highest BCUT2D eigenvalue weighted by Gasteiger charge is 2.13. The number of carbonyl (C=O) groups excluding carboxylic acids is 1. The summed E-state index contributed by atoms with van der Waals surface area (Å²) >= 11 is 0. The Balaban J connectivity index is 1.80. The average Bonchev–Trinajstić information content (AvgIpc) is 2.90. The van der Waals surface area contributed by atoms with Gasteiger partial charge in [-0.15, -0.1) is 0 Å². The fourth-order valence-electron chi connectivity index (χ4n) is 2.62. The second-order valence-electron chi connectivity index (χ2n) is 5.14. The average molecular weight is 294 g/mol. The Labute approximate surface area is 129 Å². The predicted molar refractivity (Wildman–Crippen MR) is 87.1 cm³/mol. The maximum absolute atomic E-state index is 12.4. The first-order valence-corrected chi connectivity index (χ1v) is 7.15. The van der Waals surface area contributed by atoms with Gasteiger partial charge in [-0.1, -0.05) is 36.4 Å². The summed E-state index contributed by atoms with van der Waals surface area (Å²) in [6.07, 6.45) is 0. The number of benzene rings is 2. The van der Waals surface area contributed by atoms with Crippen LogP contribution in [0.15, 0.2) is 54.6 Å². The van der Waals surface area contributed by atoms with Crippen molar-refractivity contribution in [1.29, 1.82) is 0 Å². The van der Waals surface area contributed by atoms with E-state index in [1.807, 2.05) is 66.2 Å². The van der Waals surface area contributed by atoms with Crippen molar-refractivity contribution >= 4 is 16.8 Å². The van der Waals surface area contributed by atoms with Gasteiger partial charge in [-0.2, -0.15) is 0 Å². The summed E-state index contributed by atoms with van der Waals surface area (Å²) in [4.78, 5) is 12.4. The van der Waals surface area contributed by atoms with E-state index in [1.165, 1.54) is 0 Å². The number of nitrogens with zero attached hydrogens (tertiary/aromatic N) is 1. The quantitative estimate of drug-likeness (QED) is 0.803. The van der Waals surface area contributed by atoms with Crippen molar-refractivity contribution in [1.82, 2.24) is 9.88 Å². The predicted octanol–water partition coefficient (Wildman–Crippen LogP) is 3.12.